The number of carbonyl (C=O) groups is 1. The topological polar surface area (TPSA) is 124 Å². The highest BCUT2D eigenvalue weighted by molar-refractivity contribution is 6.30. The number of nitrogens with zero attached hydrogens (tertiary/aromatic N) is 5. The summed E-state index contributed by atoms with van der Waals surface area (Å²) in [5.74, 6) is 0.470. The molecule has 3 N–H and O–H groups in total. The quantitative estimate of drug-likeness (QED) is 0.465. The first-order chi connectivity index (χ1) is 16.5. The van der Waals surface area contributed by atoms with Crippen molar-refractivity contribution in [3.05, 3.63) is 65.8 Å². The van der Waals surface area contributed by atoms with Crippen molar-refractivity contribution in [3.8, 4) is 17.1 Å². The second-order valence-corrected chi connectivity index (χ2v) is 8.33. The molecule has 0 spiro atoms. The van der Waals surface area contributed by atoms with Crippen LogP contribution in [0.15, 0.2) is 60.8 Å². The smallest absolute Gasteiger partial charge is 0.329 e. The van der Waals surface area contributed by atoms with Crippen LogP contribution in [0.1, 0.15) is 6.42 Å². The van der Waals surface area contributed by atoms with Gasteiger partial charge >= 0.3 is 6.03 Å². The van der Waals surface area contributed by atoms with Gasteiger partial charge in [-0.15, -0.1) is 0 Å². The van der Waals surface area contributed by atoms with Gasteiger partial charge in [-0.1, -0.05) is 23.7 Å². The molecule has 10 nitrogen and oxygen atoms in total. The maximum atomic E-state index is 13.4. The molecule has 11 heteroatoms. The Hall–Kier alpha value is -4.05. The third kappa shape index (κ3) is 4.27. The van der Waals surface area contributed by atoms with E-state index in [-0.39, 0.29) is 36.1 Å². The number of hydrogen-bond acceptors (Lipinski definition) is 8. The third-order valence-electron chi connectivity index (χ3n) is 5.66. The molecule has 3 aromatic rings. The number of aliphatic hydroxyl groups excluding tert-OH is 2. The SMILES string of the molecule is O=C(Nc1cncc(OC/C(O)=C/O)n1)N1c2nc(-c3cccc(Cl)c3)ccc2N2CC[C@H]1C2. The molecule has 5 rings (SSSR count). The van der Waals surface area contributed by atoms with E-state index in [4.69, 9.17) is 26.4 Å². The lowest BCUT2D eigenvalue weighted by Gasteiger charge is -2.35. The second kappa shape index (κ2) is 9.06. The van der Waals surface area contributed by atoms with Crippen LogP contribution in [0.5, 0.6) is 5.88 Å². The lowest BCUT2D eigenvalue weighted by molar-refractivity contribution is 0.248. The molecule has 34 heavy (non-hydrogen) atoms. The fourth-order valence-corrected chi connectivity index (χ4v) is 4.30. The number of rotatable bonds is 5. The van der Waals surface area contributed by atoms with E-state index < -0.39 is 0 Å². The Morgan fingerprint density at radius 2 is 2.15 bits per heavy atom. The minimum atomic E-state index is -0.381. The summed E-state index contributed by atoms with van der Waals surface area (Å²) in [4.78, 5) is 30.3. The Bertz CT molecular complexity index is 1270. The summed E-state index contributed by atoms with van der Waals surface area (Å²) in [6.07, 6.45) is 4.08. The van der Waals surface area contributed by atoms with Crippen LogP contribution >= 0.6 is 11.6 Å². The van der Waals surface area contributed by atoms with Gasteiger partial charge in [0.1, 0.15) is 12.9 Å². The molecule has 2 amide bonds. The molecule has 2 aliphatic rings. The number of halogens is 1. The molecular formula is C23H21ClN6O4. The number of fused-ring (bicyclic) bond motifs is 4. The van der Waals surface area contributed by atoms with Crippen molar-refractivity contribution in [1.29, 1.82) is 0 Å². The maximum absolute atomic E-state index is 13.4. The highest BCUT2D eigenvalue weighted by Gasteiger charge is 2.40. The first-order valence-electron chi connectivity index (χ1n) is 10.6. The van der Waals surface area contributed by atoms with Crippen LogP contribution in [0.25, 0.3) is 11.3 Å². The molecule has 1 atom stereocenters. The fraction of sp³-hybridized carbons (Fsp3) is 0.217. The van der Waals surface area contributed by atoms with Crippen molar-refractivity contribution in [2.75, 3.05) is 34.8 Å². The molecule has 174 valence electrons. The number of pyridine rings is 1. The van der Waals surface area contributed by atoms with Crippen LogP contribution in [0.4, 0.5) is 22.1 Å². The number of aliphatic hydroxyl groups is 2. The lowest BCUT2D eigenvalue weighted by atomic mass is 10.1. The zero-order chi connectivity index (χ0) is 23.7. The van der Waals surface area contributed by atoms with Crippen molar-refractivity contribution in [2.24, 2.45) is 0 Å². The highest BCUT2D eigenvalue weighted by Crippen LogP contribution is 2.40. The van der Waals surface area contributed by atoms with Gasteiger partial charge in [0.25, 0.3) is 0 Å². The number of anilines is 3. The van der Waals surface area contributed by atoms with Crippen LogP contribution in [-0.4, -0.2) is 56.9 Å². The molecule has 2 aromatic heterocycles. The van der Waals surface area contributed by atoms with Crippen LogP contribution in [-0.2, 0) is 0 Å². The second-order valence-electron chi connectivity index (χ2n) is 7.89. The number of nitrogens with one attached hydrogen (secondary N) is 1. The van der Waals surface area contributed by atoms with E-state index in [2.05, 4.69) is 20.2 Å². The average Bonchev–Trinajstić information content (AvgIpc) is 3.26. The molecule has 2 aliphatic heterocycles. The van der Waals surface area contributed by atoms with Gasteiger partial charge in [0, 0.05) is 23.7 Å². The van der Waals surface area contributed by atoms with E-state index in [1.165, 1.54) is 12.4 Å². The van der Waals surface area contributed by atoms with Gasteiger partial charge in [-0.25, -0.2) is 9.78 Å². The Kier molecular flexibility index (Phi) is 5.81. The minimum absolute atomic E-state index is 0.0337. The predicted molar refractivity (Wildman–Crippen MR) is 128 cm³/mol. The third-order valence-corrected chi connectivity index (χ3v) is 5.89. The molecular weight excluding hydrogens is 460 g/mol. The Morgan fingerprint density at radius 1 is 1.26 bits per heavy atom. The summed E-state index contributed by atoms with van der Waals surface area (Å²) in [6, 6.07) is 10.9. The summed E-state index contributed by atoms with van der Waals surface area (Å²) in [6.45, 7) is 1.28. The molecule has 0 radical (unpaired) electrons. The van der Waals surface area contributed by atoms with Gasteiger partial charge < -0.3 is 19.8 Å². The number of amides is 2. The van der Waals surface area contributed by atoms with Crippen molar-refractivity contribution >= 4 is 35.0 Å². The van der Waals surface area contributed by atoms with E-state index in [9.17, 15) is 9.90 Å². The fourth-order valence-electron chi connectivity index (χ4n) is 4.11. The van der Waals surface area contributed by atoms with Crippen LogP contribution in [0, 0.1) is 0 Å². The first-order valence-corrected chi connectivity index (χ1v) is 11.0. The lowest BCUT2D eigenvalue weighted by Crippen LogP contribution is -2.48. The van der Waals surface area contributed by atoms with Crippen molar-refractivity contribution < 1.29 is 19.7 Å². The van der Waals surface area contributed by atoms with E-state index in [1.807, 2.05) is 30.3 Å². The van der Waals surface area contributed by atoms with E-state index in [0.29, 0.717) is 22.8 Å². The zero-order valence-electron chi connectivity index (χ0n) is 17.9. The molecule has 0 unspecified atom stereocenters. The monoisotopic (exact) mass is 480 g/mol. The summed E-state index contributed by atoms with van der Waals surface area (Å²) in [5, 5.41) is 21.5. The molecule has 1 saturated heterocycles. The first kappa shape index (κ1) is 21.8. The van der Waals surface area contributed by atoms with E-state index >= 15 is 0 Å². The van der Waals surface area contributed by atoms with Crippen LogP contribution < -0.4 is 19.9 Å². The minimum Gasteiger partial charge on any atom is -0.512 e. The zero-order valence-corrected chi connectivity index (χ0v) is 18.7. The predicted octanol–water partition coefficient (Wildman–Crippen LogP) is 4.16. The van der Waals surface area contributed by atoms with Crippen LogP contribution in [0.3, 0.4) is 0 Å². The van der Waals surface area contributed by atoms with Gasteiger partial charge in [-0.05, 0) is 30.7 Å². The van der Waals surface area contributed by atoms with Gasteiger partial charge in [0.2, 0.25) is 5.88 Å². The normalized spacial score (nSPS) is 16.9. The summed E-state index contributed by atoms with van der Waals surface area (Å²) >= 11 is 6.16. The van der Waals surface area contributed by atoms with Crippen molar-refractivity contribution in [2.45, 2.75) is 12.5 Å². The molecule has 1 aromatic carbocycles. The number of hydrogen-bond donors (Lipinski definition) is 3. The standard InChI is InChI=1S/C23H21ClN6O4/c24-15-3-1-2-14(8-15)18-4-5-19-22(26-18)30(16-6-7-29(19)11-16)23(33)28-20-9-25-10-21(27-20)34-13-17(32)12-31/h1-5,8-10,12,16,31-32H,6-7,11,13H2,(H,27,28,33)/b17-12-/t16-/m0/s1. The Morgan fingerprint density at radius 3 is 2.97 bits per heavy atom. The van der Waals surface area contributed by atoms with Crippen molar-refractivity contribution in [3.63, 3.8) is 0 Å². The summed E-state index contributed by atoms with van der Waals surface area (Å²) in [7, 11) is 0. The van der Waals surface area contributed by atoms with Gasteiger partial charge in [0.05, 0.1) is 29.8 Å². The highest BCUT2D eigenvalue weighted by atomic mass is 35.5. The molecule has 2 bridgehead atoms. The average molecular weight is 481 g/mol. The Labute approximate surface area is 200 Å². The number of ether oxygens (including phenoxy) is 1. The Balaban J connectivity index is 1.42. The maximum Gasteiger partial charge on any atom is 0.329 e. The summed E-state index contributed by atoms with van der Waals surface area (Å²) in [5.41, 5.74) is 2.47. The largest absolute Gasteiger partial charge is 0.512 e. The van der Waals surface area contributed by atoms with E-state index in [0.717, 1.165) is 30.8 Å². The molecule has 0 aliphatic carbocycles. The van der Waals surface area contributed by atoms with E-state index in [1.54, 1.807) is 11.0 Å². The molecule has 1 fully saturated rings. The number of benzene rings is 1. The molecule has 0 saturated carbocycles. The number of carbonyl (C=O) groups excluding carboxylic acids is 1. The number of aromatic nitrogens is 3. The molecule has 4 heterocycles. The van der Waals surface area contributed by atoms with Crippen LogP contribution in [0.2, 0.25) is 5.02 Å². The van der Waals surface area contributed by atoms with Gasteiger partial charge in [-0.3, -0.25) is 15.2 Å². The number of urea groups is 1. The van der Waals surface area contributed by atoms with Crippen molar-refractivity contribution in [1.82, 2.24) is 15.0 Å². The van der Waals surface area contributed by atoms with Gasteiger partial charge in [0.15, 0.2) is 17.4 Å². The summed E-state index contributed by atoms with van der Waals surface area (Å²) < 4.78 is 5.26. The van der Waals surface area contributed by atoms with Gasteiger partial charge in [-0.2, -0.15) is 4.98 Å².